The minimum atomic E-state index is -4.90. The van der Waals surface area contributed by atoms with Gasteiger partial charge in [0.15, 0.2) is 5.60 Å². The molecule has 0 radical (unpaired) electrons. The molecule has 1 aromatic carbocycles. The monoisotopic (exact) mass is 491 g/mol. The summed E-state index contributed by atoms with van der Waals surface area (Å²) in [4.78, 5) is 17.1. The first kappa shape index (κ1) is 25.8. The van der Waals surface area contributed by atoms with E-state index in [0.29, 0.717) is 5.69 Å². The number of ether oxygens (including phenoxy) is 2. The number of amides is 1. The van der Waals surface area contributed by atoms with Gasteiger partial charge in [-0.15, -0.1) is 0 Å². The Hall–Kier alpha value is -2.86. The van der Waals surface area contributed by atoms with Crippen molar-refractivity contribution in [2.45, 2.75) is 57.7 Å². The van der Waals surface area contributed by atoms with Crippen molar-refractivity contribution in [3.05, 3.63) is 53.1 Å². The van der Waals surface area contributed by atoms with Gasteiger partial charge in [-0.1, -0.05) is 13.0 Å². The first-order valence-corrected chi connectivity index (χ1v) is 10.2. The van der Waals surface area contributed by atoms with Gasteiger partial charge < -0.3 is 20.5 Å². The zero-order valence-corrected chi connectivity index (χ0v) is 18.4. The maximum absolute atomic E-state index is 14.1. The number of nitrogens with zero attached hydrogens (tertiary/aromatic N) is 1. The molecule has 2 heterocycles. The largest absolute Gasteiger partial charge is 0.434 e. The molecule has 0 aliphatic carbocycles. The maximum atomic E-state index is 14.1. The first-order valence-electron chi connectivity index (χ1n) is 10.2. The van der Waals surface area contributed by atoms with Gasteiger partial charge in [0.05, 0.1) is 5.69 Å². The molecule has 2 aromatic rings. The lowest BCUT2D eigenvalue weighted by Gasteiger charge is -2.32. The highest BCUT2D eigenvalue weighted by molar-refractivity contribution is 5.95. The van der Waals surface area contributed by atoms with E-state index in [1.165, 1.54) is 25.3 Å². The Labute approximate surface area is 191 Å². The summed E-state index contributed by atoms with van der Waals surface area (Å²) >= 11 is 0. The summed E-state index contributed by atoms with van der Waals surface area (Å²) in [6.07, 6.45) is -5.31. The fraction of sp³-hybridized carbons (Fsp3) is 0.455. The average molecular weight is 491 g/mol. The van der Waals surface area contributed by atoms with Crippen LogP contribution in [0.4, 0.5) is 32.0 Å². The van der Waals surface area contributed by atoms with Crippen LogP contribution in [0.5, 0.6) is 5.75 Å². The fourth-order valence-electron chi connectivity index (χ4n) is 4.10. The molecule has 0 saturated carbocycles. The molecule has 0 spiro atoms. The third-order valence-electron chi connectivity index (χ3n) is 6.16. The fourth-order valence-corrected chi connectivity index (χ4v) is 4.10. The quantitative estimate of drug-likeness (QED) is 0.574. The van der Waals surface area contributed by atoms with E-state index in [9.17, 15) is 31.1 Å². The van der Waals surface area contributed by atoms with E-state index in [1.54, 1.807) is 0 Å². The lowest BCUT2D eigenvalue weighted by molar-refractivity contribution is -0.272. The minimum absolute atomic E-state index is 0.0542. The smallest absolute Gasteiger partial charge is 0.417 e. The molecule has 6 nitrogen and oxygen atoms in total. The SMILES string of the molecule is Cc1c(F)ccc([C@@H]2[C@H](C(=O)Nc3ccnc(CN)c3)O[C@@](C)(C(F)(F)F)[C@H]2C)c1OC(F)F. The van der Waals surface area contributed by atoms with Gasteiger partial charge in [-0.2, -0.15) is 22.0 Å². The molecule has 186 valence electrons. The average Bonchev–Trinajstić information content (AvgIpc) is 3.04. The Balaban J connectivity index is 2.10. The summed E-state index contributed by atoms with van der Waals surface area (Å²) in [7, 11) is 0. The number of nitrogens with two attached hydrogens (primary N) is 1. The summed E-state index contributed by atoms with van der Waals surface area (Å²) < 4.78 is 92.1. The van der Waals surface area contributed by atoms with Gasteiger partial charge in [0.2, 0.25) is 0 Å². The maximum Gasteiger partial charge on any atom is 0.417 e. The third-order valence-corrected chi connectivity index (χ3v) is 6.16. The van der Waals surface area contributed by atoms with Crippen LogP contribution >= 0.6 is 0 Å². The summed E-state index contributed by atoms with van der Waals surface area (Å²) in [5.41, 5.74) is 2.82. The predicted molar refractivity (Wildman–Crippen MR) is 110 cm³/mol. The number of aromatic nitrogens is 1. The molecule has 1 aliphatic rings. The lowest BCUT2D eigenvalue weighted by Crippen LogP contribution is -2.47. The molecule has 12 heteroatoms. The molecule has 34 heavy (non-hydrogen) atoms. The van der Waals surface area contributed by atoms with Crippen LogP contribution in [0.25, 0.3) is 0 Å². The van der Waals surface area contributed by atoms with Crippen LogP contribution in [0.15, 0.2) is 30.5 Å². The Morgan fingerprint density at radius 2 is 2.00 bits per heavy atom. The van der Waals surface area contributed by atoms with E-state index in [-0.39, 0.29) is 23.4 Å². The first-order chi connectivity index (χ1) is 15.8. The highest BCUT2D eigenvalue weighted by Gasteiger charge is 2.65. The van der Waals surface area contributed by atoms with Crippen LogP contribution in [0.1, 0.15) is 36.6 Å². The number of nitrogens with one attached hydrogen (secondary N) is 1. The second-order valence-electron chi connectivity index (χ2n) is 8.16. The zero-order chi connectivity index (χ0) is 25.4. The topological polar surface area (TPSA) is 86.5 Å². The summed E-state index contributed by atoms with van der Waals surface area (Å²) in [6, 6.07) is 4.79. The van der Waals surface area contributed by atoms with Crippen molar-refractivity contribution in [3.63, 3.8) is 0 Å². The molecule has 1 fully saturated rings. The number of pyridine rings is 1. The second-order valence-corrected chi connectivity index (χ2v) is 8.16. The van der Waals surface area contributed by atoms with Crippen molar-refractivity contribution in [1.29, 1.82) is 0 Å². The molecule has 0 unspecified atom stereocenters. The Kier molecular flexibility index (Phi) is 7.13. The van der Waals surface area contributed by atoms with Gasteiger partial charge in [0, 0.05) is 41.4 Å². The Bertz CT molecular complexity index is 1060. The molecule has 1 saturated heterocycles. The Morgan fingerprint density at radius 1 is 1.32 bits per heavy atom. The van der Waals surface area contributed by atoms with E-state index in [1.807, 2.05) is 0 Å². The van der Waals surface area contributed by atoms with E-state index in [0.717, 1.165) is 26.0 Å². The van der Waals surface area contributed by atoms with E-state index < -0.39 is 53.8 Å². The zero-order valence-electron chi connectivity index (χ0n) is 18.4. The van der Waals surface area contributed by atoms with Crippen molar-refractivity contribution in [2.75, 3.05) is 5.32 Å². The third kappa shape index (κ3) is 4.69. The number of carbonyl (C=O) groups is 1. The highest BCUT2D eigenvalue weighted by atomic mass is 19.4. The van der Waals surface area contributed by atoms with Crippen molar-refractivity contribution in [2.24, 2.45) is 11.7 Å². The van der Waals surface area contributed by atoms with Gasteiger partial charge >= 0.3 is 12.8 Å². The van der Waals surface area contributed by atoms with Crippen LogP contribution < -0.4 is 15.8 Å². The number of alkyl halides is 5. The number of hydrogen-bond acceptors (Lipinski definition) is 5. The highest BCUT2D eigenvalue weighted by Crippen LogP contribution is 2.55. The number of benzene rings is 1. The number of rotatable bonds is 6. The molecule has 1 amide bonds. The van der Waals surface area contributed by atoms with Crippen LogP contribution in [0, 0.1) is 18.7 Å². The van der Waals surface area contributed by atoms with E-state index in [4.69, 9.17) is 10.5 Å². The van der Waals surface area contributed by atoms with Crippen LogP contribution in [0.2, 0.25) is 0 Å². The van der Waals surface area contributed by atoms with Crippen molar-refractivity contribution in [1.82, 2.24) is 4.98 Å². The molecule has 3 N–H and O–H groups in total. The second kappa shape index (κ2) is 9.41. The van der Waals surface area contributed by atoms with Crippen LogP contribution in [-0.2, 0) is 16.1 Å². The number of anilines is 1. The van der Waals surface area contributed by atoms with Crippen molar-refractivity contribution >= 4 is 11.6 Å². The van der Waals surface area contributed by atoms with Gasteiger partial charge in [-0.05, 0) is 32.0 Å². The molecule has 1 aromatic heterocycles. The molecule has 4 atom stereocenters. The van der Waals surface area contributed by atoms with Gasteiger partial charge in [0.1, 0.15) is 17.7 Å². The molecule has 1 aliphatic heterocycles. The normalized spacial score (nSPS) is 25.0. The number of carbonyl (C=O) groups excluding carboxylic acids is 1. The summed E-state index contributed by atoms with van der Waals surface area (Å²) in [6.45, 7) is -0.195. The standard InChI is InChI=1S/C22H23F6N3O3/c1-10-15(23)5-4-14(17(10)33-20(24)25)16-11(2)21(3,22(26,27)28)34-18(16)19(32)31-12-6-7-30-13(8-12)9-29/h4-8,11,16,18,20H,9,29H2,1-3H3,(H,30,31,32)/t11-,16+,18+,21+/m0/s1. The number of halogens is 6. The molecule has 3 rings (SSSR count). The molecule has 0 bridgehead atoms. The van der Waals surface area contributed by atoms with Gasteiger partial charge in [-0.3, -0.25) is 9.78 Å². The van der Waals surface area contributed by atoms with Crippen molar-refractivity contribution < 1.29 is 40.6 Å². The molecular formula is C22H23F6N3O3. The van der Waals surface area contributed by atoms with Gasteiger partial charge in [-0.25, -0.2) is 4.39 Å². The lowest BCUT2D eigenvalue weighted by atomic mass is 9.76. The summed E-state index contributed by atoms with van der Waals surface area (Å²) in [5, 5.41) is 2.46. The number of hydrogen-bond donors (Lipinski definition) is 2. The Morgan fingerprint density at radius 3 is 2.59 bits per heavy atom. The van der Waals surface area contributed by atoms with E-state index >= 15 is 0 Å². The van der Waals surface area contributed by atoms with Crippen LogP contribution in [0.3, 0.4) is 0 Å². The minimum Gasteiger partial charge on any atom is -0.434 e. The predicted octanol–water partition coefficient (Wildman–Crippen LogP) is 4.67. The molecular weight excluding hydrogens is 468 g/mol. The van der Waals surface area contributed by atoms with Crippen molar-refractivity contribution in [3.8, 4) is 5.75 Å². The van der Waals surface area contributed by atoms with E-state index in [2.05, 4.69) is 15.0 Å². The summed E-state index contributed by atoms with van der Waals surface area (Å²) in [5.74, 6) is -5.30. The van der Waals surface area contributed by atoms with Gasteiger partial charge in [0.25, 0.3) is 5.91 Å². The van der Waals surface area contributed by atoms with Crippen LogP contribution in [-0.4, -0.2) is 35.4 Å².